The molecular weight excluding hydrogens is 375 g/mol. The number of amidine groups is 1. The van der Waals surface area contributed by atoms with Crippen molar-refractivity contribution in [2.24, 2.45) is 4.99 Å². The zero-order chi connectivity index (χ0) is 20.6. The van der Waals surface area contributed by atoms with Crippen LogP contribution in [0.2, 0.25) is 0 Å². The van der Waals surface area contributed by atoms with Crippen LogP contribution in [0.25, 0.3) is 10.9 Å². The molecule has 5 rings (SSSR count). The molecule has 0 bridgehead atoms. The van der Waals surface area contributed by atoms with Gasteiger partial charge in [-0.05, 0) is 53.6 Å². The van der Waals surface area contributed by atoms with E-state index < -0.39 is 5.54 Å². The summed E-state index contributed by atoms with van der Waals surface area (Å²) < 4.78 is 13.6. The van der Waals surface area contributed by atoms with Crippen LogP contribution in [0.15, 0.2) is 90.1 Å². The van der Waals surface area contributed by atoms with Crippen LogP contribution in [0, 0.1) is 17.1 Å². The number of benzene rings is 3. The molecule has 144 valence electrons. The molecule has 0 amide bonds. The normalized spacial score (nSPS) is 17.9. The second-order valence-corrected chi connectivity index (χ2v) is 7.31. The van der Waals surface area contributed by atoms with E-state index in [0.717, 1.165) is 27.6 Å². The highest BCUT2D eigenvalue weighted by Crippen LogP contribution is 2.35. The lowest BCUT2D eigenvalue weighted by Gasteiger charge is -2.31. The summed E-state index contributed by atoms with van der Waals surface area (Å²) in [5, 5.41) is 13.9. The Labute approximate surface area is 173 Å². The lowest BCUT2D eigenvalue weighted by molar-refractivity contribution is 0.522. The van der Waals surface area contributed by atoms with Crippen LogP contribution in [0.4, 0.5) is 4.39 Å². The van der Waals surface area contributed by atoms with Gasteiger partial charge >= 0.3 is 0 Å². The maximum Gasteiger partial charge on any atom is 0.129 e. The van der Waals surface area contributed by atoms with Gasteiger partial charge in [0.1, 0.15) is 17.2 Å². The average Bonchev–Trinajstić information content (AvgIpc) is 3.26. The van der Waals surface area contributed by atoms with Crippen molar-refractivity contribution in [3.8, 4) is 6.07 Å². The molecular formula is C25H17FN4. The molecule has 1 aliphatic heterocycles. The molecule has 0 saturated heterocycles. The molecule has 1 aromatic heterocycles. The molecule has 1 aliphatic rings. The van der Waals surface area contributed by atoms with Gasteiger partial charge in [-0.3, -0.25) is 9.98 Å². The van der Waals surface area contributed by atoms with E-state index in [1.165, 1.54) is 12.1 Å². The molecule has 0 radical (unpaired) electrons. The highest BCUT2D eigenvalue weighted by atomic mass is 19.1. The summed E-state index contributed by atoms with van der Waals surface area (Å²) in [5.74, 6) is 0.431. The predicted octanol–water partition coefficient (Wildman–Crippen LogP) is 4.54. The first kappa shape index (κ1) is 18.0. The summed E-state index contributed by atoms with van der Waals surface area (Å²) in [5.41, 5.74) is 3.63. The lowest BCUT2D eigenvalue weighted by Crippen LogP contribution is -2.44. The maximum absolute atomic E-state index is 13.6. The van der Waals surface area contributed by atoms with E-state index in [1.807, 2.05) is 42.5 Å². The van der Waals surface area contributed by atoms with Crippen molar-refractivity contribution >= 4 is 16.7 Å². The topological polar surface area (TPSA) is 61.1 Å². The first-order chi connectivity index (χ1) is 14.7. The number of nitrogens with one attached hydrogen (secondary N) is 1. The number of hydrogen-bond donors (Lipinski definition) is 1. The molecule has 4 nitrogen and oxygen atoms in total. The van der Waals surface area contributed by atoms with Gasteiger partial charge in [0.05, 0.1) is 23.7 Å². The highest BCUT2D eigenvalue weighted by Gasteiger charge is 2.39. The number of nitrogens with zero attached hydrogens (tertiary/aromatic N) is 3. The van der Waals surface area contributed by atoms with E-state index in [-0.39, 0.29) is 5.82 Å². The number of fused-ring (bicyclic) bond motifs is 1. The Bertz CT molecular complexity index is 1320. The minimum absolute atomic E-state index is 0.280. The minimum Gasteiger partial charge on any atom is -0.355 e. The van der Waals surface area contributed by atoms with Gasteiger partial charge in [-0.1, -0.05) is 36.4 Å². The number of rotatable bonds is 3. The molecule has 1 atom stereocenters. The van der Waals surface area contributed by atoms with Crippen molar-refractivity contribution in [2.75, 3.05) is 6.54 Å². The monoisotopic (exact) mass is 392 g/mol. The van der Waals surface area contributed by atoms with E-state index in [4.69, 9.17) is 4.99 Å². The molecule has 1 unspecified atom stereocenters. The largest absolute Gasteiger partial charge is 0.355 e. The smallest absolute Gasteiger partial charge is 0.129 e. The number of halogens is 1. The molecule has 0 saturated carbocycles. The molecule has 5 heteroatoms. The van der Waals surface area contributed by atoms with Gasteiger partial charge in [-0.2, -0.15) is 5.26 Å². The number of aliphatic imine (C=N–C) groups is 1. The van der Waals surface area contributed by atoms with Gasteiger partial charge in [-0.15, -0.1) is 0 Å². The van der Waals surface area contributed by atoms with Gasteiger partial charge in [0.15, 0.2) is 0 Å². The Kier molecular flexibility index (Phi) is 4.26. The zero-order valence-electron chi connectivity index (χ0n) is 16.0. The third kappa shape index (κ3) is 2.99. The highest BCUT2D eigenvalue weighted by molar-refractivity contribution is 6.01. The SMILES string of the molecule is N#Cc1cccc(C2=NCC(c3ccc(F)cc3)(c3ccc4ncccc4c3)N2)c1. The quantitative estimate of drug-likeness (QED) is 0.557. The van der Waals surface area contributed by atoms with Crippen molar-refractivity contribution in [1.82, 2.24) is 10.3 Å². The fraction of sp³-hybridized carbons (Fsp3) is 0.0800. The Morgan fingerprint density at radius 1 is 0.933 bits per heavy atom. The summed E-state index contributed by atoms with van der Waals surface area (Å²) in [7, 11) is 0. The second-order valence-electron chi connectivity index (χ2n) is 7.31. The van der Waals surface area contributed by atoms with Crippen molar-refractivity contribution in [1.29, 1.82) is 5.26 Å². The molecule has 0 spiro atoms. The van der Waals surface area contributed by atoms with Crippen molar-refractivity contribution in [2.45, 2.75) is 5.54 Å². The molecule has 30 heavy (non-hydrogen) atoms. The molecule has 2 heterocycles. The zero-order valence-corrected chi connectivity index (χ0v) is 16.0. The van der Waals surface area contributed by atoms with E-state index in [1.54, 1.807) is 24.4 Å². The fourth-order valence-electron chi connectivity index (χ4n) is 3.95. The Morgan fingerprint density at radius 2 is 1.77 bits per heavy atom. The van der Waals surface area contributed by atoms with Gasteiger partial charge < -0.3 is 5.32 Å². The predicted molar refractivity (Wildman–Crippen MR) is 115 cm³/mol. The molecule has 4 aromatic rings. The first-order valence-electron chi connectivity index (χ1n) is 9.62. The maximum atomic E-state index is 13.6. The first-order valence-corrected chi connectivity index (χ1v) is 9.62. The average molecular weight is 392 g/mol. The molecule has 3 aromatic carbocycles. The van der Waals surface area contributed by atoms with Gasteiger partial charge in [0.2, 0.25) is 0 Å². The standard InChI is InChI=1S/C25H17FN4/c26-22-9-6-20(7-10-22)25(21-8-11-23-18(14-21)5-2-12-28-23)16-29-24(30-25)19-4-1-3-17(13-19)15-27/h1-14H,16H2,(H,29,30). The summed E-state index contributed by atoms with van der Waals surface area (Å²) in [6.07, 6.45) is 1.77. The van der Waals surface area contributed by atoms with Gasteiger partial charge in [0, 0.05) is 17.1 Å². The lowest BCUT2D eigenvalue weighted by atomic mass is 9.82. The third-order valence-electron chi connectivity index (χ3n) is 5.50. The Morgan fingerprint density at radius 3 is 2.60 bits per heavy atom. The van der Waals surface area contributed by atoms with Crippen LogP contribution in [0.1, 0.15) is 22.3 Å². The van der Waals surface area contributed by atoms with Crippen LogP contribution in [-0.2, 0) is 5.54 Å². The summed E-state index contributed by atoms with van der Waals surface area (Å²) in [4.78, 5) is 9.19. The van der Waals surface area contributed by atoms with E-state index in [0.29, 0.717) is 17.9 Å². The summed E-state index contributed by atoms with van der Waals surface area (Å²) in [6, 6.07) is 26.1. The van der Waals surface area contributed by atoms with Crippen LogP contribution in [0.5, 0.6) is 0 Å². The molecule has 0 fully saturated rings. The fourth-order valence-corrected chi connectivity index (χ4v) is 3.95. The van der Waals surface area contributed by atoms with Crippen molar-refractivity contribution in [3.05, 3.63) is 113 Å². The number of aromatic nitrogens is 1. The van der Waals surface area contributed by atoms with Crippen molar-refractivity contribution in [3.63, 3.8) is 0 Å². The van der Waals surface area contributed by atoms with Crippen LogP contribution in [-0.4, -0.2) is 17.4 Å². The minimum atomic E-state index is -0.643. The number of nitriles is 1. The molecule has 0 aliphatic carbocycles. The van der Waals surface area contributed by atoms with Crippen LogP contribution in [0.3, 0.4) is 0 Å². The van der Waals surface area contributed by atoms with Crippen LogP contribution < -0.4 is 5.32 Å². The number of hydrogen-bond acceptors (Lipinski definition) is 4. The van der Waals surface area contributed by atoms with E-state index >= 15 is 0 Å². The third-order valence-corrected chi connectivity index (χ3v) is 5.50. The molecule has 1 N–H and O–H groups in total. The Hall–Kier alpha value is -4.04. The number of pyridine rings is 1. The van der Waals surface area contributed by atoms with Gasteiger partial charge in [0.25, 0.3) is 0 Å². The summed E-state index contributed by atoms with van der Waals surface area (Å²) in [6.45, 7) is 0.455. The van der Waals surface area contributed by atoms with E-state index in [9.17, 15) is 9.65 Å². The van der Waals surface area contributed by atoms with Crippen LogP contribution >= 0.6 is 0 Å². The van der Waals surface area contributed by atoms with Gasteiger partial charge in [-0.25, -0.2) is 4.39 Å². The summed E-state index contributed by atoms with van der Waals surface area (Å²) >= 11 is 0. The van der Waals surface area contributed by atoms with Crippen molar-refractivity contribution < 1.29 is 4.39 Å². The van der Waals surface area contributed by atoms with E-state index in [2.05, 4.69) is 22.4 Å². The Balaban J connectivity index is 1.63. The second kappa shape index (κ2) is 7.09.